The molecule has 19 heavy (non-hydrogen) atoms. The van der Waals surface area contributed by atoms with Gasteiger partial charge in [-0.1, -0.05) is 12.1 Å². The second kappa shape index (κ2) is 5.48. The highest BCUT2D eigenvalue weighted by Crippen LogP contribution is 2.20. The molecule has 0 saturated heterocycles. The largest absolute Gasteiger partial charge is 0.452 e. The predicted molar refractivity (Wildman–Crippen MR) is 77.8 cm³/mol. The Bertz CT molecular complexity index is 587. The molecule has 1 heterocycles. The average Bonchev–Trinajstić information content (AvgIpc) is 2.74. The van der Waals surface area contributed by atoms with Crippen LogP contribution in [0.25, 0.3) is 0 Å². The number of amides is 1. The van der Waals surface area contributed by atoms with Crippen molar-refractivity contribution >= 4 is 27.5 Å². The smallest absolute Gasteiger partial charge is 0.256 e. The third-order valence-corrected chi connectivity index (χ3v) is 3.31. The molecule has 1 amide bonds. The number of hydrogen-bond donors (Lipinski definition) is 1. The molecule has 0 bridgehead atoms. The average molecular weight is 323 g/mol. The molecule has 1 aromatic carbocycles. The Morgan fingerprint density at radius 1 is 1.37 bits per heavy atom. The van der Waals surface area contributed by atoms with Crippen LogP contribution in [0.3, 0.4) is 0 Å². The zero-order chi connectivity index (χ0) is 14.0. The number of rotatable bonds is 3. The van der Waals surface area contributed by atoms with Crippen molar-refractivity contribution in [2.75, 3.05) is 12.8 Å². The molecule has 0 atom stereocenters. The Morgan fingerprint density at radius 2 is 2.11 bits per heavy atom. The second-order valence-corrected chi connectivity index (χ2v) is 5.19. The lowest BCUT2D eigenvalue weighted by molar-refractivity contribution is 0.0775. The number of aryl methyl sites for hydroxylation is 1. The fourth-order valence-electron chi connectivity index (χ4n) is 1.92. The fourth-order valence-corrected chi connectivity index (χ4v) is 2.26. The summed E-state index contributed by atoms with van der Waals surface area (Å²) >= 11 is 3.24. The van der Waals surface area contributed by atoms with E-state index in [4.69, 9.17) is 10.2 Å². The third-order valence-electron chi connectivity index (χ3n) is 2.89. The molecule has 2 rings (SSSR count). The van der Waals surface area contributed by atoms with Crippen LogP contribution < -0.4 is 5.73 Å². The van der Waals surface area contributed by atoms with E-state index >= 15 is 0 Å². The molecule has 0 saturated carbocycles. The molecule has 0 aliphatic heterocycles. The molecule has 2 aromatic rings. The molecular weight excluding hydrogens is 308 g/mol. The first-order chi connectivity index (χ1) is 8.99. The van der Waals surface area contributed by atoms with Crippen LogP contribution in [0.15, 0.2) is 39.4 Å². The summed E-state index contributed by atoms with van der Waals surface area (Å²) in [5, 5.41) is 0. The van der Waals surface area contributed by atoms with Crippen molar-refractivity contribution in [3.63, 3.8) is 0 Å². The first kappa shape index (κ1) is 13.7. The summed E-state index contributed by atoms with van der Waals surface area (Å²) in [7, 11) is 1.73. The van der Waals surface area contributed by atoms with Gasteiger partial charge in [-0.3, -0.25) is 4.79 Å². The summed E-state index contributed by atoms with van der Waals surface area (Å²) in [6.07, 6.45) is 0. The van der Waals surface area contributed by atoms with Gasteiger partial charge in [-0.25, -0.2) is 0 Å². The van der Waals surface area contributed by atoms with Crippen molar-refractivity contribution in [1.29, 1.82) is 0 Å². The highest BCUT2D eigenvalue weighted by atomic mass is 79.9. The molecule has 4 nitrogen and oxygen atoms in total. The zero-order valence-corrected chi connectivity index (χ0v) is 12.4. The van der Waals surface area contributed by atoms with Crippen LogP contribution in [0, 0.1) is 6.92 Å². The number of nitrogens with zero attached hydrogens (tertiary/aromatic N) is 1. The van der Waals surface area contributed by atoms with Gasteiger partial charge in [-0.15, -0.1) is 0 Å². The van der Waals surface area contributed by atoms with E-state index in [-0.39, 0.29) is 5.91 Å². The number of carbonyl (C=O) groups is 1. The lowest BCUT2D eigenvalue weighted by Crippen LogP contribution is -2.27. The van der Waals surface area contributed by atoms with E-state index in [0.717, 1.165) is 11.3 Å². The summed E-state index contributed by atoms with van der Waals surface area (Å²) < 4.78 is 6.04. The molecule has 5 heteroatoms. The van der Waals surface area contributed by atoms with Gasteiger partial charge in [-0.2, -0.15) is 0 Å². The number of halogens is 1. The molecule has 2 N–H and O–H groups in total. The highest BCUT2D eigenvalue weighted by molar-refractivity contribution is 9.10. The number of hydrogen-bond acceptors (Lipinski definition) is 3. The number of benzene rings is 1. The van der Waals surface area contributed by atoms with Crippen LogP contribution in [-0.4, -0.2) is 17.9 Å². The summed E-state index contributed by atoms with van der Waals surface area (Å²) in [4.78, 5) is 14.0. The highest BCUT2D eigenvalue weighted by Gasteiger charge is 2.18. The van der Waals surface area contributed by atoms with Gasteiger partial charge in [0.15, 0.2) is 4.67 Å². The monoisotopic (exact) mass is 322 g/mol. The molecule has 0 aliphatic carbocycles. The second-order valence-electron chi connectivity index (χ2n) is 4.41. The van der Waals surface area contributed by atoms with Crippen LogP contribution in [0.4, 0.5) is 5.69 Å². The lowest BCUT2D eigenvalue weighted by Gasteiger charge is -2.18. The maximum Gasteiger partial charge on any atom is 0.256 e. The van der Waals surface area contributed by atoms with Crippen molar-refractivity contribution in [1.82, 2.24) is 4.90 Å². The van der Waals surface area contributed by atoms with Crippen LogP contribution in [0.1, 0.15) is 21.7 Å². The van der Waals surface area contributed by atoms with Gasteiger partial charge in [0, 0.05) is 12.7 Å². The van der Waals surface area contributed by atoms with Gasteiger partial charge in [0.25, 0.3) is 5.91 Å². The Hall–Kier alpha value is -1.75. The molecule has 1 aromatic heterocycles. The maximum absolute atomic E-state index is 12.4. The summed E-state index contributed by atoms with van der Waals surface area (Å²) in [6.45, 7) is 2.28. The molecule has 0 fully saturated rings. The van der Waals surface area contributed by atoms with Gasteiger partial charge in [0.05, 0.1) is 12.1 Å². The third kappa shape index (κ3) is 2.98. The molecule has 0 radical (unpaired) electrons. The Morgan fingerprint density at radius 3 is 2.68 bits per heavy atom. The van der Waals surface area contributed by atoms with Gasteiger partial charge < -0.3 is 15.1 Å². The van der Waals surface area contributed by atoms with E-state index in [2.05, 4.69) is 15.9 Å². The summed E-state index contributed by atoms with van der Waals surface area (Å²) in [6, 6.07) is 9.08. The van der Waals surface area contributed by atoms with Gasteiger partial charge in [0.2, 0.25) is 0 Å². The van der Waals surface area contributed by atoms with E-state index in [0.29, 0.717) is 22.5 Å². The molecule has 0 spiro atoms. The SMILES string of the molecule is Cc1cccc(N)c1C(=O)N(C)Cc1ccc(Br)o1. The molecule has 100 valence electrons. The van der Waals surface area contributed by atoms with E-state index in [9.17, 15) is 4.79 Å². The number of nitrogen functional groups attached to an aromatic ring is 1. The molecule has 0 aliphatic rings. The van der Waals surface area contributed by atoms with Gasteiger partial charge in [0.1, 0.15) is 5.76 Å². The zero-order valence-electron chi connectivity index (χ0n) is 10.8. The van der Waals surface area contributed by atoms with Crippen LogP contribution in [-0.2, 0) is 6.54 Å². The van der Waals surface area contributed by atoms with E-state index in [1.807, 2.05) is 25.1 Å². The van der Waals surface area contributed by atoms with E-state index in [1.54, 1.807) is 24.1 Å². The van der Waals surface area contributed by atoms with Gasteiger partial charge >= 0.3 is 0 Å². The van der Waals surface area contributed by atoms with Crippen molar-refractivity contribution < 1.29 is 9.21 Å². The van der Waals surface area contributed by atoms with Crippen LogP contribution in [0.2, 0.25) is 0 Å². The number of nitrogens with two attached hydrogens (primary N) is 1. The minimum absolute atomic E-state index is 0.108. The molecular formula is C14H15BrN2O2. The minimum Gasteiger partial charge on any atom is -0.452 e. The lowest BCUT2D eigenvalue weighted by atomic mass is 10.1. The van der Waals surface area contributed by atoms with Crippen LogP contribution in [0.5, 0.6) is 0 Å². The number of carbonyl (C=O) groups excluding carboxylic acids is 1. The van der Waals surface area contributed by atoms with Crippen molar-refractivity contribution in [2.24, 2.45) is 0 Å². The van der Waals surface area contributed by atoms with E-state index in [1.165, 1.54) is 0 Å². The van der Waals surface area contributed by atoms with Gasteiger partial charge in [-0.05, 0) is 46.6 Å². The maximum atomic E-state index is 12.4. The topological polar surface area (TPSA) is 59.5 Å². The number of furan rings is 1. The summed E-state index contributed by atoms with van der Waals surface area (Å²) in [5.41, 5.74) is 7.80. The summed E-state index contributed by atoms with van der Waals surface area (Å²) in [5.74, 6) is 0.609. The first-order valence-corrected chi connectivity index (χ1v) is 6.63. The van der Waals surface area contributed by atoms with Crippen LogP contribution >= 0.6 is 15.9 Å². The van der Waals surface area contributed by atoms with Crippen molar-refractivity contribution in [2.45, 2.75) is 13.5 Å². The predicted octanol–water partition coefficient (Wildman–Crippen LogP) is 3.20. The normalized spacial score (nSPS) is 10.5. The Kier molecular flexibility index (Phi) is 3.95. The quantitative estimate of drug-likeness (QED) is 0.883. The standard InChI is InChI=1S/C14H15BrN2O2/c1-9-4-3-5-11(16)13(9)14(18)17(2)8-10-6-7-12(15)19-10/h3-7H,8,16H2,1-2H3. The fraction of sp³-hybridized carbons (Fsp3) is 0.214. The minimum atomic E-state index is -0.108. The van der Waals surface area contributed by atoms with E-state index < -0.39 is 0 Å². The van der Waals surface area contributed by atoms with Crippen molar-refractivity contribution in [3.05, 3.63) is 51.9 Å². The van der Waals surface area contributed by atoms with Crippen molar-refractivity contribution in [3.8, 4) is 0 Å². The first-order valence-electron chi connectivity index (χ1n) is 5.84. The Labute approximate surface area is 120 Å². The Balaban J connectivity index is 2.19. The molecule has 0 unspecified atom stereocenters. The number of anilines is 1.